The van der Waals surface area contributed by atoms with Gasteiger partial charge in [-0.25, -0.2) is 9.97 Å². The predicted octanol–water partition coefficient (Wildman–Crippen LogP) is 4.87. The van der Waals surface area contributed by atoms with Crippen molar-refractivity contribution in [3.8, 4) is 11.3 Å². The van der Waals surface area contributed by atoms with E-state index in [1.165, 1.54) is 5.56 Å². The quantitative estimate of drug-likeness (QED) is 0.573. The summed E-state index contributed by atoms with van der Waals surface area (Å²) in [4.78, 5) is 9.23. The molecule has 1 N–H and O–H groups in total. The maximum absolute atomic E-state index is 9.82. The number of aryl methyl sites for hydroxylation is 1. The number of rotatable bonds is 2. The molecule has 0 radical (unpaired) electrons. The first-order valence-corrected chi connectivity index (χ1v) is 8.43. The van der Waals surface area contributed by atoms with Crippen molar-refractivity contribution in [3.63, 3.8) is 0 Å². The summed E-state index contributed by atoms with van der Waals surface area (Å²) in [6.07, 6.45) is -0.491. The van der Waals surface area contributed by atoms with Crippen LogP contribution in [0.1, 0.15) is 24.2 Å². The number of aliphatic hydroxyl groups is 1. The first kappa shape index (κ1) is 14.3. The molecule has 4 heteroatoms. The fraction of sp³-hybridized carbons (Fsp3) is 0.158. The largest absolute Gasteiger partial charge is 0.389 e. The van der Waals surface area contributed by atoms with Gasteiger partial charge in [-0.15, -0.1) is 11.3 Å². The summed E-state index contributed by atoms with van der Waals surface area (Å²) >= 11 is 1.64. The molecular weight excluding hydrogens is 304 g/mol. The van der Waals surface area contributed by atoms with Gasteiger partial charge in [0.15, 0.2) is 0 Å². The molecule has 0 aliphatic heterocycles. The summed E-state index contributed by atoms with van der Waals surface area (Å²) in [5, 5.41) is 10.9. The number of fused-ring (bicyclic) bond motifs is 2. The van der Waals surface area contributed by atoms with Crippen molar-refractivity contribution < 1.29 is 5.11 Å². The van der Waals surface area contributed by atoms with Crippen LogP contribution in [-0.4, -0.2) is 15.1 Å². The Hall–Kier alpha value is -2.30. The van der Waals surface area contributed by atoms with E-state index < -0.39 is 6.10 Å². The molecule has 23 heavy (non-hydrogen) atoms. The predicted molar refractivity (Wildman–Crippen MR) is 95.7 cm³/mol. The number of thiazole rings is 1. The molecule has 3 nitrogen and oxygen atoms in total. The van der Waals surface area contributed by atoms with E-state index in [-0.39, 0.29) is 0 Å². The zero-order valence-corrected chi connectivity index (χ0v) is 13.8. The Morgan fingerprint density at radius 3 is 2.78 bits per heavy atom. The third-order valence-corrected chi connectivity index (χ3v) is 5.03. The van der Waals surface area contributed by atoms with E-state index >= 15 is 0 Å². The van der Waals surface area contributed by atoms with Gasteiger partial charge in [-0.1, -0.05) is 24.3 Å². The summed E-state index contributed by atoms with van der Waals surface area (Å²) in [6.45, 7) is 3.87. The van der Waals surface area contributed by atoms with Crippen LogP contribution in [0.15, 0.2) is 48.0 Å². The van der Waals surface area contributed by atoms with E-state index in [1.807, 2.05) is 35.8 Å². The van der Waals surface area contributed by atoms with Gasteiger partial charge < -0.3 is 5.11 Å². The van der Waals surface area contributed by atoms with Crippen LogP contribution >= 0.6 is 11.3 Å². The van der Waals surface area contributed by atoms with Crippen LogP contribution in [0.4, 0.5) is 0 Å². The number of aromatic nitrogens is 2. The van der Waals surface area contributed by atoms with Crippen LogP contribution in [-0.2, 0) is 0 Å². The number of aliphatic hydroxyl groups excluding tert-OH is 1. The van der Waals surface area contributed by atoms with E-state index in [0.717, 1.165) is 37.9 Å². The van der Waals surface area contributed by atoms with Gasteiger partial charge in [0.1, 0.15) is 0 Å². The molecule has 0 saturated heterocycles. The monoisotopic (exact) mass is 320 g/mol. The zero-order valence-electron chi connectivity index (χ0n) is 12.9. The molecule has 114 valence electrons. The highest BCUT2D eigenvalue weighted by molar-refractivity contribution is 7.17. The Kier molecular flexibility index (Phi) is 3.36. The highest BCUT2D eigenvalue weighted by atomic mass is 32.1. The van der Waals surface area contributed by atoms with E-state index in [9.17, 15) is 5.11 Å². The summed E-state index contributed by atoms with van der Waals surface area (Å²) in [5.41, 5.74) is 7.92. The average Bonchev–Trinajstić information content (AvgIpc) is 3.02. The fourth-order valence-electron chi connectivity index (χ4n) is 2.91. The molecule has 0 aliphatic rings. The van der Waals surface area contributed by atoms with Gasteiger partial charge in [0.05, 0.1) is 33.0 Å². The Balaban J connectivity index is 1.98. The molecule has 0 amide bonds. The summed E-state index contributed by atoms with van der Waals surface area (Å²) in [5.74, 6) is 0. The first-order valence-electron chi connectivity index (χ1n) is 7.55. The van der Waals surface area contributed by atoms with Gasteiger partial charge >= 0.3 is 0 Å². The number of hydrogen-bond donors (Lipinski definition) is 1. The molecular formula is C19H16N2OS. The Morgan fingerprint density at radius 1 is 1.09 bits per heavy atom. The van der Waals surface area contributed by atoms with E-state index in [0.29, 0.717) is 0 Å². The molecule has 2 aromatic heterocycles. The molecule has 0 spiro atoms. The third kappa shape index (κ3) is 2.40. The van der Waals surface area contributed by atoms with Crippen molar-refractivity contribution >= 4 is 32.5 Å². The van der Waals surface area contributed by atoms with Gasteiger partial charge in [-0.3, -0.25) is 0 Å². The first-order chi connectivity index (χ1) is 11.1. The minimum atomic E-state index is -0.491. The van der Waals surface area contributed by atoms with Gasteiger partial charge in [-0.2, -0.15) is 0 Å². The van der Waals surface area contributed by atoms with Gasteiger partial charge in [-0.05, 0) is 43.2 Å². The lowest BCUT2D eigenvalue weighted by molar-refractivity contribution is 0.199. The molecule has 0 fully saturated rings. The van der Waals surface area contributed by atoms with Crippen molar-refractivity contribution in [2.45, 2.75) is 20.0 Å². The summed E-state index contributed by atoms with van der Waals surface area (Å²) in [7, 11) is 0. The number of pyridine rings is 1. The van der Waals surface area contributed by atoms with Crippen molar-refractivity contribution in [3.05, 3.63) is 59.1 Å². The lowest BCUT2D eigenvalue weighted by Crippen LogP contribution is -1.94. The van der Waals surface area contributed by atoms with E-state index in [2.05, 4.69) is 24.0 Å². The van der Waals surface area contributed by atoms with Crippen LogP contribution in [0, 0.1) is 6.92 Å². The molecule has 4 aromatic rings. The second-order valence-corrected chi connectivity index (χ2v) is 6.64. The zero-order chi connectivity index (χ0) is 16.0. The molecule has 0 bridgehead atoms. The second-order valence-electron chi connectivity index (χ2n) is 5.78. The van der Waals surface area contributed by atoms with Crippen molar-refractivity contribution in [2.75, 3.05) is 0 Å². The van der Waals surface area contributed by atoms with Gasteiger partial charge in [0.2, 0.25) is 0 Å². The molecule has 0 aliphatic carbocycles. The number of benzene rings is 2. The lowest BCUT2D eigenvalue weighted by Gasteiger charge is -2.10. The smallest absolute Gasteiger partial charge is 0.0818 e. The minimum Gasteiger partial charge on any atom is -0.389 e. The normalized spacial score (nSPS) is 12.8. The van der Waals surface area contributed by atoms with Crippen molar-refractivity contribution in [2.24, 2.45) is 0 Å². The van der Waals surface area contributed by atoms with Gasteiger partial charge in [0.25, 0.3) is 0 Å². The minimum absolute atomic E-state index is 0.491. The fourth-order valence-corrected chi connectivity index (χ4v) is 3.72. The van der Waals surface area contributed by atoms with Crippen LogP contribution in [0.25, 0.3) is 32.4 Å². The summed E-state index contributed by atoms with van der Waals surface area (Å²) in [6, 6.07) is 14.2. The van der Waals surface area contributed by atoms with Crippen LogP contribution in [0.2, 0.25) is 0 Å². The SMILES string of the molecule is Cc1cc(-c2cccc3ncsc23)nc2cc(C(C)O)ccc12. The molecule has 1 atom stereocenters. The average molecular weight is 320 g/mol. The van der Waals surface area contributed by atoms with Crippen LogP contribution in [0.3, 0.4) is 0 Å². The molecule has 2 heterocycles. The molecule has 0 saturated carbocycles. The maximum Gasteiger partial charge on any atom is 0.0818 e. The lowest BCUT2D eigenvalue weighted by atomic mass is 10.0. The highest BCUT2D eigenvalue weighted by Gasteiger charge is 2.11. The number of hydrogen-bond acceptors (Lipinski definition) is 4. The summed E-state index contributed by atoms with van der Waals surface area (Å²) < 4.78 is 1.16. The van der Waals surface area contributed by atoms with Crippen molar-refractivity contribution in [1.29, 1.82) is 0 Å². The Bertz CT molecular complexity index is 1020. The molecule has 1 unspecified atom stereocenters. The van der Waals surface area contributed by atoms with E-state index in [4.69, 9.17) is 4.98 Å². The van der Waals surface area contributed by atoms with Crippen LogP contribution in [0.5, 0.6) is 0 Å². The Morgan fingerprint density at radius 2 is 1.96 bits per heavy atom. The highest BCUT2D eigenvalue weighted by Crippen LogP contribution is 2.32. The van der Waals surface area contributed by atoms with Crippen LogP contribution < -0.4 is 0 Å². The third-order valence-electron chi connectivity index (χ3n) is 4.16. The maximum atomic E-state index is 9.82. The standard InChI is InChI=1S/C19H16N2OS/c1-11-8-17(15-4-3-5-16-19(15)23-10-20-16)21-18-9-13(12(2)22)6-7-14(11)18/h3-10,12,22H,1-2H3. The Labute approximate surface area is 138 Å². The van der Waals surface area contributed by atoms with Crippen molar-refractivity contribution in [1.82, 2.24) is 9.97 Å². The molecule has 4 rings (SSSR count). The number of nitrogens with zero attached hydrogens (tertiary/aromatic N) is 2. The van der Waals surface area contributed by atoms with E-state index in [1.54, 1.807) is 18.3 Å². The topological polar surface area (TPSA) is 46.0 Å². The molecule has 2 aromatic carbocycles. The van der Waals surface area contributed by atoms with Gasteiger partial charge in [0, 0.05) is 10.9 Å². The second kappa shape index (κ2) is 5.41.